The van der Waals surface area contributed by atoms with Crippen LogP contribution in [0.15, 0.2) is 27.4 Å². The van der Waals surface area contributed by atoms with Crippen molar-refractivity contribution in [2.24, 2.45) is 0 Å². The second-order valence-electron chi connectivity index (χ2n) is 3.76. The van der Waals surface area contributed by atoms with E-state index in [0.29, 0.717) is 11.4 Å². The number of pyridine rings is 1. The summed E-state index contributed by atoms with van der Waals surface area (Å²) in [4.78, 5) is 16.2. The van der Waals surface area contributed by atoms with E-state index >= 15 is 0 Å². The standard InChI is InChI=1S/C12H11BrN2OS/c1-7-3-8(2)14-11(4-7)15-12(16)9-5-10(13)17-6-9/h3-6H,1-2H3,(H,14,15,16). The number of rotatable bonds is 2. The molecule has 17 heavy (non-hydrogen) atoms. The Labute approximate surface area is 112 Å². The first-order valence-corrected chi connectivity index (χ1v) is 6.72. The van der Waals surface area contributed by atoms with E-state index in [1.807, 2.05) is 31.4 Å². The molecule has 3 nitrogen and oxygen atoms in total. The average molecular weight is 311 g/mol. The number of nitrogens with one attached hydrogen (secondary N) is 1. The molecule has 2 aromatic heterocycles. The zero-order valence-electron chi connectivity index (χ0n) is 9.45. The van der Waals surface area contributed by atoms with Crippen LogP contribution >= 0.6 is 27.3 Å². The van der Waals surface area contributed by atoms with Crippen LogP contribution in [-0.4, -0.2) is 10.9 Å². The summed E-state index contributed by atoms with van der Waals surface area (Å²) in [5.74, 6) is 0.458. The summed E-state index contributed by atoms with van der Waals surface area (Å²) < 4.78 is 0.941. The molecule has 0 aliphatic rings. The minimum Gasteiger partial charge on any atom is -0.307 e. The fraction of sp³-hybridized carbons (Fsp3) is 0.167. The van der Waals surface area contributed by atoms with Crippen LogP contribution in [0.5, 0.6) is 0 Å². The molecule has 0 spiro atoms. The second-order valence-corrected chi connectivity index (χ2v) is 6.06. The lowest BCUT2D eigenvalue weighted by molar-refractivity contribution is 0.102. The number of halogens is 1. The normalized spacial score (nSPS) is 10.3. The molecule has 0 radical (unpaired) electrons. The first-order chi connectivity index (χ1) is 8.04. The first-order valence-electron chi connectivity index (χ1n) is 5.05. The van der Waals surface area contributed by atoms with Crippen molar-refractivity contribution in [1.82, 2.24) is 4.98 Å². The molecule has 1 amide bonds. The number of hydrogen-bond donors (Lipinski definition) is 1. The van der Waals surface area contributed by atoms with E-state index < -0.39 is 0 Å². The third kappa shape index (κ3) is 3.14. The molecule has 0 aliphatic heterocycles. The van der Waals surface area contributed by atoms with Crippen LogP contribution in [0.3, 0.4) is 0 Å². The molecule has 0 aromatic carbocycles. The molecule has 0 aliphatic carbocycles. The predicted octanol–water partition coefficient (Wildman–Crippen LogP) is 3.77. The predicted molar refractivity (Wildman–Crippen MR) is 73.7 cm³/mol. The number of nitrogens with zero attached hydrogens (tertiary/aromatic N) is 1. The van der Waals surface area contributed by atoms with Gasteiger partial charge in [0.15, 0.2) is 0 Å². The Morgan fingerprint density at radius 2 is 2.12 bits per heavy atom. The number of carbonyl (C=O) groups excluding carboxylic acids is 1. The van der Waals surface area contributed by atoms with Crippen LogP contribution in [0.1, 0.15) is 21.6 Å². The number of aryl methyl sites for hydroxylation is 2. The molecule has 5 heteroatoms. The van der Waals surface area contributed by atoms with Crippen LogP contribution in [0.25, 0.3) is 0 Å². The Hall–Kier alpha value is -1.20. The van der Waals surface area contributed by atoms with Gasteiger partial charge in [0, 0.05) is 11.1 Å². The summed E-state index contributed by atoms with van der Waals surface area (Å²) in [6.07, 6.45) is 0. The Balaban J connectivity index is 2.18. The van der Waals surface area contributed by atoms with Gasteiger partial charge in [-0.2, -0.15) is 0 Å². The number of anilines is 1. The van der Waals surface area contributed by atoms with Gasteiger partial charge in [-0.15, -0.1) is 11.3 Å². The summed E-state index contributed by atoms with van der Waals surface area (Å²) in [6, 6.07) is 5.62. The molecule has 0 unspecified atom stereocenters. The molecule has 1 N–H and O–H groups in total. The summed E-state index contributed by atoms with van der Waals surface area (Å²) in [5, 5.41) is 4.60. The van der Waals surface area contributed by atoms with Gasteiger partial charge >= 0.3 is 0 Å². The SMILES string of the molecule is Cc1cc(C)nc(NC(=O)c2csc(Br)c2)c1. The number of carbonyl (C=O) groups is 1. The van der Waals surface area contributed by atoms with Crippen molar-refractivity contribution in [3.63, 3.8) is 0 Å². The number of hydrogen-bond acceptors (Lipinski definition) is 3. The van der Waals surface area contributed by atoms with Crippen molar-refractivity contribution >= 4 is 39.0 Å². The third-order valence-electron chi connectivity index (χ3n) is 2.17. The second kappa shape index (κ2) is 4.98. The van der Waals surface area contributed by atoms with E-state index in [1.54, 1.807) is 6.07 Å². The number of amides is 1. The molecule has 0 bridgehead atoms. The Morgan fingerprint density at radius 1 is 1.35 bits per heavy atom. The minimum atomic E-state index is -0.135. The van der Waals surface area contributed by atoms with Crippen LogP contribution in [-0.2, 0) is 0 Å². The average Bonchev–Trinajstić information content (AvgIpc) is 2.63. The molecular formula is C12H11BrN2OS. The summed E-state index contributed by atoms with van der Waals surface area (Å²) >= 11 is 4.82. The molecule has 2 rings (SSSR count). The highest BCUT2D eigenvalue weighted by atomic mass is 79.9. The van der Waals surface area contributed by atoms with Crippen molar-refractivity contribution < 1.29 is 4.79 Å². The maximum absolute atomic E-state index is 11.9. The summed E-state index contributed by atoms with van der Waals surface area (Å²) in [7, 11) is 0. The molecule has 0 saturated carbocycles. The van der Waals surface area contributed by atoms with Crippen LogP contribution in [0.2, 0.25) is 0 Å². The molecule has 88 valence electrons. The van der Waals surface area contributed by atoms with E-state index in [0.717, 1.165) is 15.0 Å². The molecule has 2 aromatic rings. The lowest BCUT2D eigenvalue weighted by Gasteiger charge is -2.05. The van der Waals surface area contributed by atoms with Crippen molar-refractivity contribution in [3.05, 3.63) is 44.2 Å². The van der Waals surface area contributed by atoms with Crippen LogP contribution in [0.4, 0.5) is 5.82 Å². The van der Waals surface area contributed by atoms with Gasteiger partial charge < -0.3 is 5.32 Å². The fourth-order valence-electron chi connectivity index (χ4n) is 1.52. The van der Waals surface area contributed by atoms with Gasteiger partial charge in [0.05, 0.1) is 9.35 Å². The van der Waals surface area contributed by atoms with Gasteiger partial charge in [0.25, 0.3) is 5.91 Å². The summed E-state index contributed by atoms with van der Waals surface area (Å²) in [6.45, 7) is 3.88. The van der Waals surface area contributed by atoms with Crippen molar-refractivity contribution in [3.8, 4) is 0 Å². The number of aromatic nitrogens is 1. The molecule has 2 heterocycles. The van der Waals surface area contributed by atoms with E-state index in [9.17, 15) is 4.79 Å². The quantitative estimate of drug-likeness (QED) is 0.917. The third-order valence-corrected chi connectivity index (χ3v) is 3.67. The van der Waals surface area contributed by atoms with Gasteiger partial charge in [0.2, 0.25) is 0 Å². The zero-order valence-corrected chi connectivity index (χ0v) is 11.9. The van der Waals surface area contributed by atoms with Gasteiger partial charge in [-0.05, 0) is 53.5 Å². The Morgan fingerprint density at radius 3 is 2.71 bits per heavy atom. The monoisotopic (exact) mass is 310 g/mol. The van der Waals surface area contributed by atoms with Gasteiger partial charge in [-0.3, -0.25) is 4.79 Å². The van der Waals surface area contributed by atoms with E-state index in [2.05, 4.69) is 26.2 Å². The lowest BCUT2D eigenvalue weighted by atomic mass is 10.2. The topological polar surface area (TPSA) is 42.0 Å². The van der Waals surface area contributed by atoms with E-state index in [-0.39, 0.29) is 5.91 Å². The largest absolute Gasteiger partial charge is 0.307 e. The highest BCUT2D eigenvalue weighted by molar-refractivity contribution is 9.11. The highest BCUT2D eigenvalue weighted by Gasteiger charge is 2.09. The van der Waals surface area contributed by atoms with Crippen molar-refractivity contribution in [1.29, 1.82) is 0 Å². The maximum atomic E-state index is 11.9. The van der Waals surface area contributed by atoms with Gasteiger partial charge in [0.1, 0.15) is 5.82 Å². The molecular weight excluding hydrogens is 300 g/mol. The lowest BCUT2D eigenvalue weighted by Crippen LogP contribution is -2.12. The van der Waals surface area contributed by atoms with Crippen molar-refractivity contribution in [2.75, 3.05) is 5.32 Å². The Bertz CT molecular complexity index is 545. The van der Waals surface area contributed by atoms with Crippen molar-refractivity contribution in [2.45, 2.75) is 13.8 Å². The molecule has 0 atom stereocenters. The maximum Gasteiger partial charge on any atom is 0.257 e. The minimum absolute atomic E-state index is 0.135. The van der Waals surface area contributed by atoms with Crippen LogP contribution in [0, 0.1) is 13.8 Å². The van der Waals surface area contributed by atoms with Crippen LogP contribution < -0.4 is 5.32 Å². The number of thiophene rings is 1. The van der Waals surface area contributed by atoms with Gasteiger partial charge in [-0.25, -0.2) is 4.98 Å². The van der Waals surface area contributed by atoms with Gasteiger partial charge in [-0.1, -0.05) is 0 Å². The van der Waals surface area contributed by atoms with E-state index in [4.69, 9.17) is 0 Å². The smallest absolute Gasteiger partial charge is 0.257 e. The molecule has 0 fully saturated rings. The fourth-order valence-corrected chi connectivity index (χ4v) is 2.66. The Kier molecular flexibility index (Phi) is 3.59. The first kappa shape index (κ1) is 12.3. The zero-order chi connectivity index (χ0) is 12.4. The van der Waals surface area contributed by atoms with E-state index in [1.165, 1.54) is 11.3 Å². The summed E-state index contributed by atoms with van der Waals surface area (Å²) in [5.41, 5.74) is 2.62. The highest BCUT2D eigenvalue weighted by Crippen LogP contribution is 2.21. The molecule has 0 saturated heterocycles.